The highest BCUT2D eigenvalue weighted by Gasteiger charge is 2.30. The SMILES string of the molecule is O=C1OC(c2ccccc2Cl)=N/C1=C/c1cccc(C(F)(F)F)c1. The number of benzene rings is 2. The van der Waals surface area contributed by atoms with E-state index in [2.05, 4.69) is 4.99 Å². The van der Waals surface area contributed by atoms with E-state index in [1.165, 1.54) is 18.2 Å². The Morgan fingerprint density at radius 2 is 1.83 bits per heavy atom. The fourth-order valence-electron chi connectivity index (χ4n) is 2.12. The number of nitrogens with zero attached hydrogens (tertiary/aromatic N) is 1. The Kier molecular flexibility index (Phi) is 4.15. The van der Waals surface area contributed by atoms with Gasteiger partial charge in [-0.15, -0.1) is 0 Å². The van der Waals surface area contributed by atoms with Crippen LogP contribution >= 0.6 is 11.6 Å². The minimum Gasteiger partial charge on any atom is -0.402 e. The van der Waals surface area contributed by atoms with Crippen molar-refractivity contribution in [2.24, 2.45) is 4.99 Å². The Balaban J connectivity index is 1.96. The molecule has 1 heterocycles. The average Bonchev–Trinajstić information content (AvgIpc) is 2.88. The third-order valence-electron chi connectivity index (χ3n) is 3.24. The van der Waals surface area contributed by atoms with Crippen LogP contribution in [0.5, 0.6) is 0 Å². The number of ether oxygens (including phenoxy) is 1. The molecule has 7 heteroatoms. The second-order valence-electron chi connectivity index (χ2n) is 4.94. The van der Waals surface area contributed by atoms with Crippen LogP contribution in [-0.2, 0) is 15.7 Å². The molecule has 3 nitrogen and oxygen atoms in total. The van der Waals surface area contributed by atoms with Gasteiger partial charge in [-0.3, -0.25) is 0 Å². The average molecular weight is 352 g/mol. The summed E-state index contributed by atoms with van der Waals surface area (Å²) in [6, 6.07) is 11.2. The predicted octanol–water partition coefficient (Wildman–Crippen LogP) is 4.70. The monoisotopic (exact) mass is 351 g/mol. The van der Waals surface area contributed by atoms with E-state index in [4.69, 9.17) is 16.3 Å². The molecule has 0 amide bonds. The van der Waals surface area contributed by atoms with E-state index in [0.29, 0.717) is 10.6 Å². The number of aliphatic imine (C=N–C) groups is 1. The first-order valence-corrected chi connectivity index (χ1v) is 7.17. The van der Waals surface area contributed by atoms with Crippen molar-refractivity contribution >= 4 is 29.5 Å². The van der Waals surface area contributed by atoms with Crippen molar-refractivity contribution in [1.29, 1.82) is 0 Å². The molecule has 0 atom stereocenters. The number of hydrogen-bond acceptors (Lipinski definition) is 3. The first-order valence-electron chi connectivity index (χ1n) is 6.79. The van der Waals surface area contributed by atoms with E-state index in [9.17, 15) is 18.0 Å². The van der Waals surface area contributed by atoms with Gasteiger partial charge in [0.15, 0.2) is 5.70 Å². The first-order chi connectivity index (χ1) is 11.3. The first kappa shape index (κ1) is 16.3. The highest BCUT2D eigenvalue weighted by Crippen LogP contribution is 2.30. The maximum Gasteiger partial charge on any atom is 0.416 e. The Bertz CT molecular complexity index is 872. The van der Waals surface area contributed by atoms with Crippen molar-refractivity contribution in [3.63, 3.8) is 0 Å². The standard InChI is InChI=1S/C17H9ClF3NO2/c18-13-7-2-1-6-12(13)15-22-14(16(23)24-15)9-10-4-3-5-11(8-10)17(19,20)21/h1-9H/b14-9+. The smallest absolute Gasteiger partial charge is 0.402 e. The van der Waals surface area contributed by atoms with Gasteiger partial charge in [0.2, 0.25) is 5.90 Å². The zero-order chi connectivity index (χ0) is 17.3. The summed E-state index contributed by atoms with van der Waals surface area (Å²) in [7, 11) is 0. The van der Waals surface area contributed by atoms with Crippen LogP contribution in [0.3, 0.4) is 0 Å². The van der Waals surface area contributed by atoms with Gasteiger partial charge in [0, 0.05) is 0 Å². The molecule has 0 spiro atoms. The minimum absolute atomic E-state index is 0.0174. The van der Waals surface area contributed by atoms with Crippen molar-refractivity contribution in [1.82, 2.24) is 0 Å². The molecule has 0 N–H and O–H groups in total. The lowest BCUT2D eigenvalue weighted by atomic mass is 10.1. The van der Waals surface area contributed by atoms with Crippen LogP contribution in [0.4, 0.5) is 13.2 Å². The summed E-state index contributed by atoms with van der Waals surface area (Å²) in [5, 5.41) is 0.351. The molecule has 1 aliphatic heterocycles. The zero-order valence-corrected chi connectivity index (χ0v) is 12.7. The van der Waals surface area contributed by atoms with Crippen molar-refractivity contribution < 1.29 is 22.7 Å². The van der Waals surface area contributed by atoms with Gasteiger partial charge in [0.05, 0.1) is 16.1 Å². The number of cyclic esters (lactones) is 1. The molecule has 1 aliphatic rings. The number of carbonyl (C=O) groups excluding carboxylic acids is 1. The number of alkyl halides is 3. The predicted molar refractivity (Wildman–Crippen MR) is 83.5 cm³/mol. The van der Waals surface area contributed by atoms with E-state index in [0.717, 1.165) is 12.1 Å². The summed E-state index contributed by atoms with van der Waals surface area (Å²) in [5.41, 5.74) is -0.274. The third kappa shape index (κ3) is 3.33. The quantitative estimate of drug-likeness (QED) is 0.581. The maximum atomic E-state index is 12.7. The second-order valence-corrected chi connectivity index (χ2v) is 5.35. The summed E-state index contributed by atoms with van der Waals surface area (Å²) in [6.45, 7) is 0. The van der Waals surface area contributed by atoms with Gasteiger partial charge >= 0.3 is 12.1 Å². The van der Waals surface area contributed by atoms with Crippen molar-refractivity contribution in [2.45, 2.75) is 6.18 Å². The normalized spacial score (nSPS) is 16.2. The molecule has 0 bridgehead atoms. The Morgan fingerprint density at radius 3 is 2.54 bits per heavy atom. The van der Waals surface area contributed by atoms with E-state index < -0.39 is 17.7 Å². The topological polar surface area (TPSA) is 38.7 Å². The highest BCUT2D eigenvalue weighted by atomic mass is 35.5. The number of rotatable bonds is 2. The largest absolute Gasteiger partial charge is 0.416 e. The fourth-order valence-corrected chi connectivity index (χ4v) is 2.34. The molecule has 0 aromatic heterocycles. The van der Waals surface area contributed by atoms with Crippen LogP contribution in [-0.4, -0.2) is 11.9 Å². The fraction of sp³-hybridized carbons (Fsp3) is 0.0588. The van der Waals surface area contributed by atoms with Gasteiger partial charge in [0.1, 0.15) is 0 Å². The molecule has 0 saturated carbocycles. The van der Waals surface area contributed by atoms with Crippen LogP contribution < -0.4 is 0 Å². The van der Waals surface area contributed by atoms with Crippen LogP contribution in [0, 0.1) is 0 Å². The zero-order valence-electron chi connectivity index (χ0n) is 12.0. The van der Waals surface area contributed by atoms with E-state index in [1.54, 1.807) is 24.3 Å². The van der Waals surface area contributed by atoms with Gasteiger partial charge in [0.25, 0.3) is 0 Å². The maximum absolute atomic E-state index is 12.7. The Morgan fingerprint density at radius 1 is 1.08 bits per heavy atom. The van der Waals surface area contributed by atoms with Crippen LogP contribution in [0.15, 0.2) is 59.2 Å². The number of esters is 1. The Hall–Kier alpha value is -2.60. The van der Waals surface area contributed by atoms with Crippen molar-refractivity contribution in [2.75, 3.05) is 0 Å². The number of carbonyl (C=O) groups is 1. The van der Waals surface area contributed by atoms with Gasteiger partial charge < -0.3 is 4.74 Å². The van der Waals surface area contributed by atoms with Crippen molar-refractivity contribution in [3.8, 4) is 0 Å². The molecule has 0 aliphatic carbocycles. The molecule has 2 aromatic rings. The summed E-state index contributed by atoms with van der Waals surface area (Å²) in [6.07, 6.45) is -3.22. The van der Waals surface area contributed by atoms with Crippen LogP contribution in [0.1, 0.15) is 16.7 Å². The molecule has 2 aromatic carbocycles. The van der Waals surface area contributed by atoms with Gasteiger partial charge in [-0.1, -0.05) is 35.9 Å². The molecule has 0 saturated heterocycles. The number of halogens is 4. The van der Waals surface area contributed by atoms with Crippen LogP contribution in [0.25, 0.3) is 6.08 Å². The lowest BCUT2D eigenvalue weighted by Crippen LogP contribution is -2.06. The van der Waals surface area contributed by atoms with Crippen molar-refractivity contribution in [3.05, 3.63) is 75.9 Å². The summed E-state index contributed by atoms with van der Waals surface area (Å²) in [5.74, 6) is -0.730. The van der Waals surface area contributed by atoms with E-state index >= 15 is 0 Å². The third-order valence-corrected chi connectivity index (χ3v) is 3.57. The molecule has 0 radical (unpaired) electrons. The summed E-state index contributed by atoms with van der Waals surface area (Å²) in [4.78, 5) is 15.9. The summed E-state index contributed by atoms with van der Waals surface area (Å²) < 4.78 is 43.2. The van der Waals surface area contributed by atoms with Gasteiger partial charge in [-0.2, -0.15) is 13.2 Å². The molecule has 0 unspecified atom stereocenters. The minimum atomic E-state index is -4.46. The molecule has 24 heavy (non-hydrogen) atoms. The lowest BCUT2D eigenvalue weighted by molar-refractivity contribution is -0.137. The van der Waals surface area contributed by atoms with Gasteiger partial charge in [-0.05, 0) is 35.9 Å². The summed E-state index contributed by atoms with van der Waals surface area (Å²) >= 11 is 6.01. The second kappa shape index (κ2) is 6.13. The Labute approximate surface area is 140 Å². The molecule has 0 fully saturated rings. The highest BCUT2D eigenvalue weighted by molar-refractivity contribution is 6.34. The number of hydrogen-bond donors (Lipinski definition) is 0. The van der Waals surface area contributed by atoms with E-state index in [1.807, 2.05) is 0 Å². The molecule has 122 valence electrons. The molecule has 3 rings (SSSR count). The van der Waals surface area contributed by atoms with E-state index in [-0.39, 0.29) is 17.2 Å². The molecular weight excluding hydrogens is 343 g/mol. The van der Waals surface area contributed by atoms with Crippen LogP contribution in [0.2, 0.25) is 5.02 Å². The molecular formula is C17H9ClF3NO2. The lowest BCUT2D eigenvalue weighted by Gasteiger charge is -2.06. The van der Waals surface area contributed by atoms with Gasteiger partial charge in [-0.25, -0.2) is 9.79 Å².